The van der Waals surface area contributed by atoms with Crippen LogP contribution in [0.15, 0.2) is 35.4 Å². The van der Waals surface area contributed by atoms with Crippen molar-refractivity contribution < 1.29 is 23.9 Å². The number of likely N-dealkylation sites (tertiary alicyclic amines) is 1. The van der Waals surface area contributed by atoms with Gasteiger partial charge in [-0.3, -0.25) is 29.6 Å². The average Bonchev–Trinajstić information content (AvgIpc) is 3.44. The zero-order valence-corrected chi connectivity index (χ0v) is 24.1. The van der Waals surface area contributed by atoms with Gasteiger partial charge in [-0.25, -0.2) is 4.79 Å². The van der Waals surface area contributed by atoms with Gasteiger partial charge in [-0.15, -0.1) is 0 Å². The molecule has 10 nitrogen and oxygen atoms in total. The van der Waals surface area contributed by atoms with Gasteiger partial charge < -0.3 is 9.64 Å². The summed E-state index contributed by atoms with van der Waals surface area (Å²) in [6.45, 7) is 9.91. The molecule has 4 amide bonds. The summed E-state index contributed by atoms with van der Waals surface area (Å²) in [5.41, 5.74) is 1.73. The van der Waals surface area contributed by atoms with Crippen molar-refractivity contribution in [2.75, 3.05) is 24.5 Å². The first-order valence-electron chi connectivity index (χ1n) is 14.4. The molecule has 6 rings (SSSR count). The molecule has 0 saturated carbocycles. The number of hydrogen-bond acceptors (Lipinski definition) is 7. The molecule has 0 aliphatic carbocycles. The fraction of sp³-hybridized carbons (Fsp3) is 0.516. The summed E-state index contributed by atoms with van der Waals surface area (Å²) < 4.78 is 5.54. The van der Waals surface area contributed by atoms with Gasteiger partial charge in [0.15, 0.2) is 0 Å². The van der Waals surface area contributed by atoms with Crippen LogP contribution < -0.4 is 10.2 Å². The van der Waals surface area contributed by atoms with Crippen LogP contribution in [0.2, 0.25) is 0 Å². The maximum Gasteiger partial charge on any atom is 0.410 e. The van der Waals surface area contributed by atoms with Crippen LogP contribution in [0.25, 0.3) is 10.8 Å². The summed E-state index contributed by atoms with van der Waals surface area (Å²) in [5.74, 6) is -0.925. The van der Waals surface area contributed by atoms with Crippen LogP contribution in [0.3, 0.4) is 0 Å². The van der Waals surface area contributed by atoms with Gasteiger partial charge in [0.05, 0.1) is 11.7 Å². The number of hydrogen-bond donors (Lipinski definition) is 1. The lowest BCUT2D eigenvalue weighted by Crippen LogP contribution is -2.53. The fourth-order valence-corrected chi connectivity index (χ4v) is 6.56. The van der Waals surface area contributed by atoms with E-state index in [1.165, 1.54) is 0 Å². The van der Waals surface area contributed by atoms with Crippen LogP contribution in [0.5, 0.6) is 0 Å². The number of piperidine rings is 2. The Balaban J connectivity index is 1.16. The van der Waals surface area contributed by atoms with Crippen molar-refractivity contribution in [2.45, 2.75) is 77.5 Å². The molecule has 41 heavy (non-hydrogen) atoms. The molecule has 4 aliphatic heterocycles. The quantitative estimate of drug-likeness (QED) is 0.570. The first-order chi connectivity index (χ1) is 19.4. The minimum atomic E-state index is -0.698. The lowest BCUT2D eigenvalue weighted by Gasteiger charge is -2.37. The lowest BCUT2D eigenvalue weighted by atomic mass is 9.83. The number of anilines is 1. The number of ether oxygens (including phenoxy) is 1. The number of carbonyl (C=O) groups is 4. The van der Waals surface area contributed by atoms with E-state index in [-0.39, 0.29) is 35.8 Å². The van der Waals surface area contributed by atoms with E-state index in [9.17, 15) is 19.2 Å². The van der Waals surface area contributed by atoms with E-state index in [1.807, 2.05) is 51.3 Å². The van der Waals surface area contributed by atoms with Gasteiger partial charge in [-0.05, 0) is 69.5 Å². The van der Waals surface area contributed by atoms with E-state index in [2.05, 4.69) is 23.3 Å². The highest BCUT2D eigenvalue weighted by Crippen LogP contribution is 2.42. The molecule has 10 heteroatoms. The maximum atomic E-state index is 13.5. The molecule has 4 heterocycles. The maximum absolute atomic E-state index is 13.5. The van der Waals surface area contributed by atoms with Crippen molar-refractivity contribution in [3.8, 4) is 0 Å². The monoisotopic (exact) mass is 559 g/mol. The van der Waals surface area contributed by atoms with Crippen molar-refractivity contribution in [3.05, 3.63) is 41.5 Å². The van der Waals surface area contributed by atoms with Gasteiger partial charge in [0.2, 0.25) is 11.8 Å². The standard InChI is InChI=1S/C31H37N5O5/c1-30(2,3)41-29(40)34-14-12-20(13-15-34)35-18-31(4,17-32-35)16-19-8-9-23-26-21(19)6-5-7-22(26)28(39)36(23)24-10-11-25(37)33-27(24)38/h5-9,17,20,24H,10-16,18H2,1-4H3,(H,33,37,38). The molecule has 2 saturated heterocycles. The SMILES string of the molecule is CC1(Cc2ccc3c4c(cccc24)C(=O)N3C2CCC(=O)NC2=O)C=NN(C2CCN(C(=O)OC(C)(C)C)CC2)C1. The zero-order chi connectivity index (χ0) is 29.1. The molecule has 4 aliphatic rings. The Hall–Kier alpha value is -3.95. The number of amides is 4. The Morgan fingerprint density at radius 2 is 1.85 bits per heavy atom. The average molecular weight is 560 g/mol. The molecule has 0 spiro atoms. The molecule has 0 radical (unpaired) electrons. The third-order valence-electron chi connectivity index (χ3n) is 8.51. The zero-order valence-electron chi connectivity index (χ0n) is 24.1. The Kier molecular flexibility index (Phi) is 6.54. The predicted octanol–water partition coefficient (Wildman–Crippen LogP) is 3.85. The number of carbonyl (C=O) groups excluding carboxylic acids is 4. The van der Waals surface area contributed by atoms with Crippen LogP contribution in [0, 0.1) is 5.41 Å². The van der Waals surface area contributed by atoms with E-state index < -0.39 is 17.6 Å². The van der Waals surface area contributed by atoms with Crippen molar-refractivity contribution in [1.29, 1.82) is 0 Å². The number of nitrogens with one attached hydrogen (secondary N) is 1. The minimum absolute atomic E-state index is 0.199. The number of imide groups is 1. The molecular formula is C31H37N5O5. The first-order valence-corrected chi connectivity index (χ1v) is 14.4. The third kappa shape index (κ3) is 5.04. The van der Waals surface area contributed by atoms with Crippen LogP contribution in [-0.4, -0.2) is 77.3 Å². The fourth-order valence-electron chi connectivity index (χ4n) is 6.56. The topological polar surface area (TPSA) is 112 Å². The third-order valence-corrected chi connectivity index (χ3v) is 8.51. The van der Waals surface area contributed by atoms with Crippen LogP contribution in [-0.2, 0) is 20.7 Å². The second kappa shape index (κ2) is 9.85. The summed E-state index contributed by atoms with van der Waals surface area (Å²) in [6, 6.07) is 9.31. The number of hydrazone groups is 1. The van der Waals surface area contributed by atoms with Gasteiger partial charge >= 0.3 is 6.09 Å². The summed E-state index contributed by atoms with van der Waals surface area (Å²) in [6.07, 6.45) is 4.74. The molecule has 1 N–H and O–H groups in total. The smallest absolute Gasteiger partial charge is 0.410 e. The van der Waals surface area contributed by atoms with Gasteiger partial charge in [0.25, 0.3) is 5.91 Å². The van der Waals surface area contributed by atoms with Crippen LogP contribution in [0.4, 0.5) is 10.5 Å². The Bertz CT molecular complexity index is 1470. The summed E-state index contributed by atoms with van der Waals surface area (Å²) in [7, 11) is 0. The normalized spacial score (nSPS) is 24.9. The summed E-state index contributed by atoms with van der Waals surface area (Å²) >= 11 is 0. The highest BCUT2D eigenvalue weighted by atomic mass is 16.6. The second-order valence-corrected chi connectivity index (χ2v) is 13.0. The Labute approximate surface area is 239 Å². The molecule has 0 aromatic heterocycles. The molecule has 2 unspecified atom stereocenters. The van der Waals surface area contributed by atoms with Crippen molar-refractivity contribution >= 4 is 46.5 Å². The van der Waals surface area contributed by atoms with E-state index in [0.29, 0.717) is 25.1 Å². The van der Waals surface area contributed by atoms with Crippen molar-refractivity contribution in [2.24, 2.45) is 10.5 Å². The van der Waals surface area contributed by atoms with Gasteiger partial charge in [-0.1, -0.05) is 25.1 Å². The molecule has 216 valence electrons. The number of rotatable bonds is 4. The molecule has 2 atom stereocenters. The largest absolute Gasteiger partial charge is 0.444 e. The lowest BCUT2D eigenvalue weighted by molar-refractivity contribution is -0.134. The second-order valence-electron chi connectivity index (χ2n) is 13.0. The van der Waals surface area contributed by atoms with Crippen molar-refractivity contribution in [3.63, 3.8) is 0 Å². The first kappa shape index (κ1) is 27.2. The number of nitrogens with zero attached hydrogens (tertiary/aromatic N) is 4. The van der Waals surface area contributed by atoms with Crippen LogP contribution in [0.1, 0.15) is 69.3 Å². The van der Waals surface area contributed by atoms with Gasteiger partial charge in [-0.2, -0.15) is 5.10 Å². The predicted molar refractivity (Wildman–Crippen MR) is 155 cm³/mol. The summed E-state index contributed by atoms with van der Waals surface area (Å²) in [4.78, 5) is 53.6. The molecule has 2 fully saturated rings. The molecular weight excluding hydrogens is 522 g/mol. The molecule has 2 aromatic rings. The summed E-state index contributed by atoms with van der Waals surface area (Å²) in [5, 5.41) is 11.2. The van der Waals surface area contributed by atoms with Gasteiger partial charge in [0.1, 0.15) is 11.6 Å². The van der Waals surface area contributed by atoms with Gasteiger partial charge in [0, 0.05) is 48.6 Å². The Morgan fingerprint density at radius 3 is 2.56 bits per heavy atom. The van der Waals surface area contributed by atoms with Crippen LogP contribution >= 0.6 is 0 Å². The van der Waals surface area contributed by atoms with E-state index >= 15 is 0 Å². The van der Waals surface area contributed by atoms with E-state index in [4.69, 9.17) is 9.84 Å². The minimum Gasteiger partial charge on any atom is -0.444 e. The Morgan fingerprint density at radius 1 is 1.10 bits per heavy atom. The highest BCUT2D eigenvalue weighted by Gasteiger charge is 2.42. The highest BCUT2D eigenvalue weighted by molar-refractivity contribution is 6.27. The van der Waals surface area contributed by atoms with E-state index in [0.717, 1.165) is 47.8 Å². The molecule has 0 bridgehead atoms. The van der Waals surface area contributed by atoms with Crippen molar-refractivity contribution in [1.82, 2.24) is 15.2 Å². The molecule has 2 aromatic carbocycles. The number of benzene rings is 2. The van der Waals surface area contributed by atoms with E-state index in [1.54, 1.807) is 9.80 Å².